The van der Waals surface area contributed by atoms with Crippen LogP contribution in [0.1, 0.15) is 46.0 Å². The average Bonchev–Trinajstić information content (AvgIpc) is 3.54. The number of aliphatic hydroxyl groups excluding tert-OH is 1. The lowest BCUT2D eigenvalue weighted by Gasteiger charge is -2.47. The second-order valence-electron chi connectivity index (χ2n) is 14.3. The first-order valence-electron chi connectivity index (χ1n) is 17.4. The van der Waals surface area contributed by atoms with E-state index in [1.54, 1.807) is 0 Å². The molecule has 8 atom stereocenters. The lowest BCUT2D eigenvalue weighted by molar-refractivity contribution is -0.126. The molecular weight excluding hydrogens is 564 g/mol. The molecule has 252 valence electrons. The monoisotopic (exact) mass is 622 g/mol. The number of rotatable bonds is 12. The number of β-amino-alcohol motifs (C(OH)–C–C–N with tert-alkyl or cyclic N) is 1. The first kappa shape index (κ1) is 33.0. The molecule has 13 heteroatoms. The predicted molar refractivity (Wildman–Crippen MR) is 167 cm³/mol. The molecule has 5 aliphatic heterocycles. The van der Waals surface area contributed by atoms with Crippen molar-refractivity contribution >= 4 is 5.91 Å². The topological polar surface area (TPSA) is 135 Å². The number of nitrogens with one attached hydrogen (secondary N) is 5. The summed E-state index contributed by atoms with van der Waals surface area (Å²) in [5.74, 6) is 1.33. The summed E-state index contributed by atoms with van der Waals surface area (Å²) >= 11 is 0. The fourth-order valence-electron chi connectivity index (χ4n) is 7.92. The van der Waals surface area contributed by atoms with Crippen LogP contribution in [0.15, 0.2) is 0 Å². The summed E-state index contributed by atoms with van der Waals surface area (Å²) in [6, 6.07) is 0.536. The van der Waals surface area contributed by atoms with Gasteiger partial charge in [-0.3, -0.25) is 35.9 Å². The van der Waals surface area contributed by atoms with Gasteiger partial charge in [0.1, 0.15) is 6.29 Å². The minimum atomic E-state index is -0.585. The molecule has 0 aromatic heterocycles. The Morgan fingerprint density at radius 1 is 1.05 bits per heavy atom. The molecule has 1 aliphatic carbocycles. The highest BCUT2D eigenvalue weighted by Crippen LogP contribution is 2.37. The molecule has 5 saturated heterocycles. The minimum Gasteiger partial charge on any atom is -0.390 e. The van der Waals surface area contributed by atoms with Gasteiger partial charge in [-0.25, -0.2) is 0 Å². The molecule has 6 rings (SSSR count). The van der Waals surface area contributed by atoms with Gasteiger partial charge in [0, 0.05) is 64.8 Å². The van der Waals surface area contributed by atoms with E-state index in [4.69, 9.17) is 14.2 Å². The highest BCUT2D eigenvalue weighted by Gasteiger charge is 2.38. The summed E-state index contributed by atoms with van der Waals surface area (Å²) in [5.41, 5.74) is 0. The van der Waals surface area contributed by atoms with Gasteiger partial charge in [-0.15, -0.1) is 0 Å². The van der Waals surface area contributed by atoms with Gasteiger partial charge in [-0.05, 0) is 57.9 Å². The molecule has 0 bridgehead atoms. The molecule has 13 nitrogen and oxygen atoms in total. The molecule has 7 unspecified atom stereocenters. The Hall–Kier alpha value is -0.970. The van der Waals surface area contributed by atoms with Gasteiger partial charge in [-0.2, -0.15) is 0 Å². The molecule has 0 aromatic carbocycles. The highest BCUT2D eigenvalue weighted by molar-refractivity contribution is 5.82. The standard InChI is InChI=1S/C31H58N8O5/c1-21(2)38-7-9-39(10-8-38)31-35-28(12-29(36-31)34-24-17-42-18-24)30(41)33-13-25(40)16-37-6-5-22-11-26(4-3-23(22)15-37)43-19-27-14-32-20-44-27/h21-29,31-32,34-36,40H,3-20H2,1-2H3,(H,33,41)/t22?,23?,25-,26?,27?,28?,29?,31?/m0/s1. The molecule has 6 fully saturated rings. The molecule has 6 aliphatic rings. The molecular formula is C31H58N8O5. The maximum atomic E-state index is 13.4. The number of piperazine rings is 1. The van der Waals surface area contributed by atoms with Crippen molar-refractivity contribution in [2.24, 2.45) is 11.8 Å². The molecule has 1 amide bonds. The normalized spacial score (nSPS) is 37.0. The van der Waals surface area contributed by atoms with E-state index >= 15 is 0 Å². The summed E-state index contributed by atoms with van der Waals surface area (Å²) in [7, 11) is 0. The molecule has 0 spiro atoms. The van der Waals surface area contributed by atoms with Crippen LogP contribution in [0.2, 0.25) is 0 Å². The second kappa shape index (κ2) is 15.7. The highest BCUT2D eigenvalue weighted by atomic mass is 16.5. The molecule has 0 radical (unpaired) electrons. The van der Waals surface area contributed by atoms with Crippen molar-refractivity contribution in [1.29, 1.82) is 0 Å². The number of hydrogen-bond donors (Lipinski definition) is 6. The van der Waals surface area contributed by atoms with Crippen molar-refractivity contribution in [3.63, 3.8) is 0 Å². The van der Waals surface area contributed by atoms with Crippen molar-refractivity contribution in [3.05, 3.63) is 0 Å². The fraction of sp³-hybridized carbons (Fsp3) is 0.968. The fourth-order valence-corrected chi connectivity index (χ4v) is 7.92. The number of hydrogen-bond acceptors (Lipinski definition) is 12. The second-order valence-corrected chi connectivity index (χ2v) is 14.3. The Labute approximate surface area is 263 Å². The van der Waals surface area contributed by atoms with Crippen LogP contribution < -0.4 is 26.6 Å². The van der Waals surface area contributed by atoms with Gasteiger partial charge in [0.05, 0.1) is 63.1 Å². The van der Waals surface area contributed by atoms with E-state index in [1.165, 1.54) is 6.42 Å². The van der Waals surface area contributed by atoms with Crippen molar-refractivity contribution in [3.8, 4) is 0 Å². The SMILES string of the molecule is CC(C)N1CCN(C2NC(NC3COC3)CC(C(=O)NC[C@H](O)CN3CCC4CC(OCC5CNCO5)CCC4C3)N2)CC1. The number of nitrogens with zero attached hydrogens (tertiary/aromatic N) is 3. The number of fused-ring (bicyclic) bond motifs is 1. The van der Waals surface area contributed by atoms with E-state index in [9.17, 15) is 9.90 Å². The lowest BCUT2D eigenvalue weighted by Crippen LogP contribution is -2.73. The van der Waals surface area contributed by atoms with Crippen LogP contribution >= 0.6 is 0 Å². The van der Waals surface area contributed by atoms with Crippen molar-refractivity contribution in [2.45, 2.75) is 94.8 Å². The molecule has 6 N–H and O–H groups in total. The Morgan fingerprint density at radius 2 is 1.89 bits per heavy atom. The predicted octanol–water partition coefficient (Wildman–Crippen LogP) is -1.51. The van der Waals surface area contributed by atoms with E-state index in [0.29, 0.717) is 69.5 Å². The lowest BCUT2D eigenvalue weighted by atomic mass is 9.74. The minimum absolute atomic E-state index is 0.0220. The van der Waals surface area contributed by atoms with Gasteiger partial charge < -0.3 is 29.5 Å². The number of aliphatic hydroxyl groups is 1. The van der Waals surface area contributed by atoms with E-state index in [1.807, 2.05) is 0 Å². The zero-order chi connectivity index (χ0) is 30.5. The maximum absolute atomic E-state index is 13.4. The smallest absolute Gasteiger partial charge is 0.237 e. The summed E-state index contributed by atoms with van der Waals surface area (Å²) in [6.45, 7) is 15.0. The van der Waals surface area contributed by atoms with Crippen LogP contribution in [0, 0.1) is 11.8 Å². The number of carbonyl (C=O) groups excluding carboxylic acids is 1. The number of amides is 1. The van der Waals surface area contributed by atoms with E-state index in [0.717, 1.165) is 65.1 Å². The Bertz CT molecular complexity index is 900. The van der Waals surface area contributed by atoms with Crippen LogP contribution in [0.5, 0.6) is 0 Å². The number of piperidine rings is 1. The Kier molecular flexibility index (Phi) is 11.8. The summed E-state index contributed by atoms with van der Waals surface area (Å²) in [6.07, 6.45) is 5.11. The van der Waals surface area contributed by atoms with Gasteiger partial charge >= 0.3 is 0 Å². The average molecular weight is 623 g/mol. The van der Waals surface area contributed by atoms with Crippen molar-refractivity contribution < 1.29 is 24.1 Å². The first-order valence-corrected chi connectivity index (χ1v) is 17.4. The third kappa shape index (κ3) is 8.88. The van der Waals surface area contributed by atoms with Crippen LogP contribution in [-0.4, -0.2) is 160 Å². The number of likely N-dealkylation sites (tertiary alicyclic amines) is 1. The quantitative estimate of drug-likeness (QED) is 0.151. The van der Waals surface area contributed by atoms with Gasteiger partial charge in [0.2, 0.25) is 5.91 Å². The molecule has 1 saturated carbocycles. The van der Waals surface area contributed by atoms with Crippen molar-refractivity contribution in [2.75, 3.05) is 85.5 Å². The third-order valence-corrected chi connectivity index (χ3v) is 10.7. The zero-order valence-electron chi connectivity index (χ0n) is 26.9. The van der Waals surface area contributed by atoms with Crippen LogP contribution in [0.4, 0.5) is 0 Å². The van der Waals surface area contributed by atoms with E-state index in [-0.39, 0.29) is 37.1 Å². The van der Waals surface area contributed by atoms with Crippen LogP contribution in [-0.2, 0) is 19.0 Å². The first-order chi connectivity index (χ1) is 21.4. The van der Waals surface area contributed by atoms with Crippen molar-refractivity contribution in [1.82, 2.24) is 41.3 Å². The Morgan fingerprint density at radius 3 is 2.61 bits per heavy atom. The van der Waals surface area contributed by atoms with Gasteiger partial charge in [-0.1, -0.05) is 0 Å². The molecule has 5 heterocycles. The van der Waals surface area contributed by atoms with Gasteiger partial charge in [0.25, 0.3) is 0 Å². The van der Waals surface area contributed by atoms with Crippen LogP contribution in [0.25, 0.3) is 0 Å². The summed E-state index contributed by atoms with van der Waals surface area (Å²) < 4.78 is 17.2. The summed E-state index contributed by atoms with van der Waals surface area (Å²) in [4.78, 5) is 20.7. The largest absolute Gasteiger partial charge is 0.390 e. The third-order valence-electron chi connectivity index (χ3n) is 10.7. The van der Waals surface area contributed by atoms with Crippen LogP contribution in [0.3, 0.4) is 0 Å². The molecule has 44 heavy (non-hydrogen) atoms. The Balaban J connectivity index is 0.925. The van der Waals surface area contributed by atoms with Gasteiger partial charge in [0.15, 0.2) is 0 Å². The summed E-state index contributed by atoms with van der Waals surface area (Å²) in [5, 5.41) is 28.1. The number of ether oxygens (including phenoxy) is 3. The molecule has 0 aromatic rings. The number of carbonyl (C=O) groups is 1. The zero-order valence-corrected chi connectivity index (χ0v) is 26.9. The van der Waals surface area contributed by atoms with E-state index < -0.39 is 6.10 Å². The maximum Gasteiger partial charge on any atom is 0.237 e. The van der Waals surface area contributed by atoms with E-state index in [2.05, 4.69) is 55.1 Å².